The lowest BCUT2D eigenvalue weighted by Gasteiger charge is -2.36. The van der Waals surface area contributed by atoms with E-state index in [0.29, 0.717) is 18.7 Å². The van der Waals surface area contributed by atoms with Crippen LogP contribution in [0.1, 0.15) is 23.7 Å². The molecule has 1 aliphatic heterocycles. The fourth-order valence-corrected chi connectivity index (χ4v) is 4.35. The maximum atomic E-state index is 12.4. The van der Waals surface area contributed by atoms with Gasteiger partial charge in [0, 0.05) is 50.4 Å². The molecule has 1 amide bonds. The summed E-state index contributed by atoms with van der Waals surface area (Å²) in [5.74, 6) is -0.273. The Morgan fingerprint density at radius 1 is 0.966 bits per heavy atom. The van der Waals surface area contributed by atoms with Gasteiger partial charge in [-0.25, -0.2) is 13.1 Å². The van der Waals surface area contributed by atoms with E-state index in [1.54, 1.807) is 11.0 Å². The van der Waals surface area contributed by atoms with Gasteiger partial charge in [-0.3, -0.25) is 9.59 Å². The van der Waals surface area contributed by atoms with E-state index in [0.717, 1.165) is 18.8 Å². The first-order chi connectivity index (χ1) is 13.9. The van der Waals surface area contributed by atoms with E-state index in [9.17, 15) is 18.0 Å². The fourth-order valence-electron chi connectivity index (χ4n) is 3.27. The number of nitrogens with zero attached hydrogens (tertiary/aromatic N) is 2. The predicted octanol–water partition coefficient (Wildman–Crippen LogP) is 1.91. The third kappa shape index (κ3) is 5.42. The quantitative estimate of drug-likeness (QED) is 0.698. The summed E-state index contributed by atoms with van der Waals surface area (Å²) in [5.41, 5.74) is 1.47. The van der Waals surface area contributed by atoms with Crippen molar-refractivity contribution in [3.05, 3.63) is 60.2 Å². The number of amides is 1. The number of sulfonamides is 1. The Kier molecular flexibility index (Phi) is 6.66. The van der Waals surface area contributed by atoms with Gasteiger partial charge in [0.15, 0.2) is 5.78 Å². The first-order valence-corrected chi connectivity index (χ1v) is 11.0. The van der Waals surface area contributed by atoms with Gasteiger partial charge in [0.25, 0.3) is 0 Å². The van der Waals surface area contributed by atoms with Gasteiger partial charge in [0.2, 0.25) is 15.9 Å². The summed E-state index contributed by atoms with van der Waals surface area (Å²) in [7, 11) is -3.77. The highest BCUT2D eigenvalue weighted by molar-refractivity contribution is 7.89. The predicted molar refractivity (Wildman–Crippen MR) is 111 cm³/mol. The van der Waals surface area contributed by atoms with Gasteiger partial charge in [-0.1, -0.05) is 30.3 Å². The minimum Gasteiger partial charge on any atom is -0.368 e. The van der Waals surface area contributed by atoms with Crippen molar-refractivity contribution in [3.63, 3.8) is 0 Å². The largest absolute Gasteiger partial charge is 0.368 e. The molecule has 7 nitrogen and oxygen atoms in total. The number of hydrogen-bond acceptors (Lipinski definition) is 5. The lowest BCUT2D eigenvalue weighted by Crippen LogP contribution is -2.49. The van der Waals surface area contributed by atoms with Crippen molar-refractivity contribution in [2.45, 2.75) is 18.2 Å². The number of benzene rings is 2. The first kappa shape index (κ1) is 21.0. The van der Waals surface area contributed by atoms with Gasteiger partial charge >= 0.3 is 0 Å². The van der Waals surface area contributed by atoms with Gasteiger partial charge in [0.1, 0.15) is 0 Å². The third-order valence-electron chi connectivity index (χ3n) is 4.94. The van der Waals surface area contributed by atoms with Crippen LogP contribution in [-0.2, 0) is 14.8 Å². The van der Waals surface area contributed by atoms with Crippen LogP contribution >= 0.6 is 0 Å². The van der Waals surface area contributed by atoms with E-state index in [4.69, 9.17) is 0 Å². The van der Waals surface area contributed by atoms with Crippen LogP contribution in [0, 0.1) is 0 Å². The van der Waals surface area contributed by atoms with Crippen molar-refractivity contribution in [2.24, 2.45) is 0 Å². The number of piperazine rings is 1. The van der Waals surface area contributed by atoms with Crippen molar-refractivity contribution < 1.29 is 18.0 Å². The molecule has 0 bridgehead atoms. The standard InChI is InChI=1S/C21H25N3O4S/c1-17(25)18-6-5-9-20(16-18)29(27,28)22-11-10-21(26)24-14-12-23(13-15-24)19-7-3-2-4-8-19/h2-9,16,22H,10-15H2,1H3. The van der Waals surface area contributed by atoms with E-state index < -0.39 is 10.0 Å². The molecular formula is C21H25N3O4S. The molecule has 1 N–H and O–H groups in total. The minimum absolute atomic E-state index is 0.0182. The van der Waals surface area contributed by atoms with Crippen molar-refractivity contribution in [3.8, 4) is 0 Å². The van der Waals surface area contributed by atoms with Crippen LogP contribution in [0.25, 0.3) is 0 Å². The lowest BCUT2D eigenvalue weighted by atomic mass is 10.2. The topological polar surface area (TPSA) is 86.8 Å². The molecule has 0 saturated carbocycles. The summed E-state index contributed by atoms with van der Waals surface area (Å²) in [6.07, 6.45) is 0.0942. The van der Waals surface area contributed by atoms with Crippen LogP contribution in [0.5, 0.6) is 0 Å². The summed E-state index contributed by atoms with van der Waals surface area (Å²) in [5, 5.41) is 0. The number of carbonyl (C=O) groups excluding carboxylic acids is 2. The number of rotatable bonds is 7. The molecule has 0 radical (unpaired) electrons. The monoisotopic (exact) mass is 415 g/mol. The SMILES string of the molecule is CC(=O)c1cccc(S(=O)(=O)NCCC(=O)N2CCN(c3ccccc3)CC2)c1. The highest BCUT2D eigenvalue weighted by Crippen LogP contribution is 2.16. The van der Waals surface area contributed by atoms with Gasteiger partial charge in [-0.2, -0.15) is 0 Å². The van der Waals surface area contributed by atoms with Crippen LogP contribution in [0.2, 0.25) is 0 Å². The Morgan fingerprint density at radius 3 is 2.31 bits per heavy atom. The average molecular weight is 416 g/mol. The molecule has 1 heterocycles. The van der Waals surface area contributed by atoms with E-state index in [-0.39, 0.29) is 29.6 Å². The van der Waals surface area contributed by atoms with Crippen molar-refractivity contribution in [1.29, 1.82) is 0 Å². The maximum absolute atomic E-state index is 12.4. The van der Waals surface area contributed by atoms with Crippen LogP contribution < -0.4 is 9.62 Å². The Bertz CT molecular complexity index is 968. The zero-order valence-corrected chi connectivity index (χ0v) is 17.2. The maximum Gasteiger partial charge on any atom is 0.240 e. The summed E-state index contributed by atoms with van der Waals surface area (Å²) in [6, 6.07) is 15.9. The molecule has 29 heavy (non-hydrogen) atoms. The van der Waals surface area contributed by atoms with Crippen LogP contribution in [-0.4, -0.2) is 57.7 Å². The molecule has 8 heteroatoms. The summed E-state index contributed by atoms with van der Waals surface area (Å²) in [6.45, 7) is 4.13. The normalized spacial score (nSPS) is 14.7. The number of carbonyl (C=O) groups is 2. The van der Waals surface area contributed by atoms with Crippen LogP contribution in [0.3, 0.4) is 0 Å². The molecule has 0 aromatic heterocycles. The molecule has 0 atom stereocenters. The Hall–Kier alpha value is -2.71. The summed E-state index contributed by atoms with van der Waals surface area (Å²) in [4.78, 5) is 27.9. The molecule has 154 valence electrons. The summed E-state index contributed by atoms with van der Waals surface area (Å²) >= 11 is 0. The molecule has 1 fully saturated rings. The molecule has 0 unspecified atom stereocenters. The van der Waals surface area contributed by atoms with E-state index >= 15 is 0 Å². The Morgan fingerprint density at radius 2 is 1.66 bits per heavy atom. The van der Waals surface area contributed by atoms with E-state index in [2.05, 4.69) is 9.62 Å². The number of hydrogen-bond donors (Lipinski definition) is 1. The van der Waals surface area contributed by atoms with Gasteiger partial charge in [-0.05, 0) is 31.2 Å². The van der Waals surface area contributed by atoms with Crippen molar-refractivity contribution >= 4 is 27.4 Å². The van der Waals surface area contributed by atoms with Gasteiger partial charge in [-0.15, -0.1) is 0 Å². The molecule has 3 rings (SSSR count). The number of Topliss-reactive ketones (excluding diaryl/α,β-unsaturated/α-hetero) is 1. The second-order valence-electron chi connectivity index (χ2n) is 6.94. The van der Waals surface area contributed by atoms with Crippen molar-refractivity contribution in [2.75, 3.05) is 37.6 Å². The van der Waals surface area contributed by atoms with E-state index in [1.165, 1.54) is 25.1 Å². The van der Waals surface area contributed by atoms with Gasteiger partial charge < -0.3 is 9.80 Å². The molecule has 2 aromatic carbocycles. The smallest absolute Gasteiger partial charge is 0.240 e. The number of nitrogens with one attached hydrogen (secondary N) is 1. The molecular weight excluding hydrogens is 390 g/mol. The first-order valence-electron chi connectivity index (χ1n) is 9.55. The zero-order valence-electron chi connectivity index (χ0n) is 16.4. The molecule has 2 aromatic rings. The number of ketones is 1. The Balaban J connectivity index is 1.49. The Labute approximate surface area is 171 Å². The highest BCUT2D eigenvalue weighted by Gasteiger charge is 2.22. The van der Waals surface area contributed by atoms with Crippen LogP contribution in [0.4, 0.5) is 5.69 Å². The third-order valence-corrected chi connectivity index (χ3v) is 6.39. The number of para-hydroxylation sites is 1. The fraction of sp³-hybridized carbons (Fsp3) is 0.333. The van der Waals surface area contributed by atoms with Gasteiger partial charge in [0.05, 0.1) is 4.90 Å². The average Bonchev–Trinajstić information content (AvgIpc) is 2.74. The molecule has 0 spiro atoms. The lowest BCUT2D eigenvalue weighted by molar-refractivity contribution is -0.131. The second kappa shape index (κ2) is 9.19. The summed E-state index contributed by atoms with van der Waals surface area (Å²) < 4.78 is 27.3. The molecule has 1 aliphatic rings. The minimum atomic E-state index is -3.77. The van der Waals surface area contributed by atoms with Crippen LogP contribution in [0.15, 0.2) is 59.5 Å². The highest BCUT2D eigenvalue weighted by atomic mass is 32.2. The second-order valence-corrected chi connectivity index (χ2v) is 8.70. The molecule has 0 aliphatic carbocycles. The zero-order chi connectivity index (χ0) is 20.9. The van der Waals surface area contributed by atoms with Crippen molar-refractivity contribution in [1.82, 2.24) is 9.62 Å². The van der Waals surface area contributed by atoms with E-state index in [1.807, 2.05) is 30.3 Å². The number of anilines is 1. The molecule has 1 saturated heterocycles.